The molecular formula is C16H17NO4. The molecule has 5 nitrogen and oxygen atoms in total. The molecule has 1 N–H and O–H groups in total. The molecule has 0 unspecified atom stereocenters. The first-order valence-electron chi connectivity index (χ1n) is 6.77. The van der Waals surface area contributed by atoms with Crippen LogP contribution in [0.2, 0.25) is 0 Å². The largest absolute Gasteiger partial charge is 0.494 e. The lowest BCUT2D eigenvalue weighted by atomic mass is 10.2. The highest BCUT2D eigenvalue weighted by molar-refractivity contribution is 5.88. The summed E-state index contributed by atoms with van der Waals surface area (Å²) < 4.78 is 11.0. The summed E-state index contributed by atoms with van der Waals surface area (Å²) in [4.78, 5) is 15.4. The fraction of sp³-hybridized carbons (Fsp3) is 0.250. The molecule has 0 fully saturated rings. The van der Waals surface area contributed by atoms with E-state index in [0.29, 0.717) is 24.5 Å². The standard InChI is InChI=1S/C16H17NO4/c1-3-12-9-11(16(18)19)10-15(17-12)21-14-7-5-13(6-8-14)20-4-2/h5-10H,3-4H2,1-2H3,(H,18,19). The summed E-state index contributed by atoms with van der Waals surface area (Å²) in [7, 11) is 0. The fourth-order valence-corrected chi connectivity index (χ4v) is 1.81. The number of aromatic nitrogens is 1. The predicted molar refractivity (Wildman–Crippen MR) is 78.3 cm³/mol. The van der Waals surface area contributed by atoms with E-state index in [1.165, 1.54) is 6.07 Å². The van der Waals surface area contributed by atoms with Gasteiger partial charge in [0.05, 0.1) is 12.2 Å². The normalized spacial score (nSPS) is 10.2. The number of ether oxygens (including phenoxy) is 2. The van der Waals surface area contributed by atoms with Crippen LogP contribution in [-0.2, 0) is 6.42 Å². The van der Waals surface area contributed by atoms with E-state index in [1.807, 2.05) is 13.8 Å². The van der Waals surface area contributed by atoms with E-state index in [4.69, 9.17) is 14.6 Å². The maximum atomic E-state index is 11.1. The number of rotatable bonds is 6. The van der Waals surface area contributed by atoms with Crippen molar-refractivity contribution in [3.63, 3.8) is 0 Å². The molecule has 2 rings (SSSR count). The molecule has 5 heteroatoms. The van der Waals surface area contributed by atoms with Gasteiger partial charge in [0, 0.05) is 11.8 Å². The smallest absolute Gasteiger partial charge is 0.335 e. The van der Waals surface area contributed by atoms with Gasteiger partial charge in [0.25, 0.3) is 0 Å². The molecule has 1 aromatic heterocycles. The molecule has 1 aromatic carbocycles. The maximum Gasteiger partial charge on any atom is 0.335 e. The van der Waals surface area contributed by atoms with E-state index in [2.05, 4.69) is 4.98 Å². The molecule has 0 radical (unpaired) electrons. The molecule has 0 spiro atoms. The number of carboxylic acids is 1. The van der Waals surface area contributed by atoms with Crippen LogP contribution in [0.15, 0.2) is 36.4 Å². The first-order chi connectivity index (χ1) is 10.1. The van der Waals surface area contributed by atoms with E-state index >= 15 is 0 Å². The summed E-state index contributed by atoms with van der Waals surface area (Å²) in [5.41, 5.74) is 0.846. The Balaban J connectivity index is 2.21. The number of hydrogen-bond acceptors (Lipinski definition) is 4. The molecule has 0 atom stereocenters. The minimum Gasteiger partial charge on any atom is -0.494 e. The maximum absolute atomic E-state index is 11.1. The molecule has 1 heterocycles. The average molecular weight is 287 g/mol. The van der Waals surface area contributed by atoms with E-state index in [9.17, 15) is 4.79 Å². The number of hydrogen-bond donors (Lipinski definition) is 1. The Morgan fingerprint density at radius 3 is 2.38 bits per heavy atom. The molecule has 21 heavy (non-hydrogen) atoms. The third kappa shape index (κ3) is 3.95. The van der Waals surface area contributed by atoms with Crippen LogP contribution in [0, 0.1) is 0 Å². The molecule has 0 aliphatic heterocycles. The molecule has 2 aromatic rings. The van der Waals surface area contributed by atoms with E-state index in [-0.39, 0.29) is 11.4 Å². The van der Waals surface area contributed by atoms with Crippen LogP contribution in [0.1, 0.15) is 29.9 Å². The van der Waals surface area contributed by atoms with Gasteiger partial charge < -0.3 is 14.6 Å². The van der Waals surface area contributed by atoms with Crippen molar-refractivity contribution in [1.29, 1.82) is 0 Å². The van der Waals surface area contributed by atoms with Crippen LogP contribution >= 0.6 is 0 Å². The number of aryl methyl sites for hydroxylation is 1. The Bertz CT molecular complexity index is 623. The van der Waals surface area contributed by atoms with Crippen LogP contribution in [0.5, 0.6) is 17.4 Å². The highest BCUT2D eigenvalue weighted by Crippen LogP contribution is 2.24. The Morgan fingerprint density at radius 1 is 1.14 bits per heavy atom. The average Bonchev–Trinajstić information content (AvgIpc) is 2.49. The number of carbonyl (C=O) groups is 1. The Labute approximate surface area is 123 Å². The van der Waals surface area contributed by atoms with Crippen LogP contribution in [0.4, 0.5) is 0 Å². The van der Waals surface area contributed by atoms with Crippen molar-refractivity contribution in [2.75, 3.05) is 6.61 Å². The van der Waals surface area contributed by atoms with Crippen molar-refractivity contribution in [1.82, 2.24) is 4.98 Å². The van der Waals surface area contributed by atoms with Crippen molar-refractivity contribution in [3.05, 3.63) is 47.7 Å². The number of benzene rings is 1. The van der Waals surface area contributed by atoms with E-state index < -0.39 is 5.97 Å². The van der Waals surface area contributed by atoms with Crippen LogP contribution in [-0.4, -0.2) is 22.7 Å². The van der Waals surface area contributed by atoms with Gasteiger partial charge >= 0.3 is 5.97 Å². The molecular weight excluding hydrogens is 270 g/mol. The quantitative estimate of drug-likeness (QED) is 0.880. The van der Waals surface area contributed by atoms with Crippen LogP contribution in [0.25, 0.3) is 0 Å². The molecule has 0 saturated carbocycles. The third-order valence-corrected chi connectivity index (χ3v) is 2.82. The molecule has 0 saturated heterocycles. The zero-order valence-corrected chi connectivity index (χ0v) is 12.0. The molecule has 110 valence electrons. The Morgan fingerprint density at radius 2 is 1.81 bits per heavy atom. The van der Waals surface area contributed by atoms with Gasteiger partial charge in [-0.2, -0.15) is 0 Å². The van der Waals surface area contributed by atoms with Crippen molar-refractivity contribution < 1.29 is 19.4 Å². The van der Waals surface area contributed by atoms with Gasteiger partial charge in [-0.05, 0) is 43.7 Å². The summed E-state index contributed by atoms with van der Waals surface area (Å²) >= 11 is 0. The third-order valence-electron chi connectivity index (χ3n) is 2.82. The van der Waals surface area contributed by atoms with Crippen LogP contribution < -0.4 is 9.47 Å². The minimum absolute atomic E-state index is 0.169. The van der Waals surface area contributed by atoms with Crippen molar-refractivity contribution >= 4 is 5.97 Å². The van der Waals surface area contributed by atoms with Gasteiger partial charge in [-0.3, -0.25) is 0 Å². The molecule has 0 aliphatic carbocycles. The van der Waals surface area contributed by atoms with Gasteiger partial charge in [-0.25, -0.2) is 9.78 Å². The monoisotopic (exact) mass is 287 g/mol. The summed E-state index contributed by atoms with van der Waals surface area (Å²) in [6.45, 7) is 4.43. The zero-order chi connectivity index (χ0) is 15.2. The van der Waals surface area contributed by atoms with Crippen molar-refractivity contribution in [3.8, 4) is 17.4 Å². The number of aromatic carboxylic acids is 1. The number of nitrogens with zero attached hydrogens (tertiary/aromatic N) is 1. The zero-order valence-electron chi connectivity index (χ0n) is 12.0. The highest BCUT2D eigenvalue weighted by Gasteiger charge is 2.09. The first kappa shape index (κ1) is 14.8. The van der Waals surface area contributed by atoms with Gasteiger partial charge in [0.15, 0.2) is 0 Å². The predicted octanol–water partition coefficient (Wildman–Crippen LogP) is 3.53. The van der Waals surface area contributed by atoms with Gasteiger partial charge in [-0.1, -0.05) is 6.92 Å². The summed E-state index contributed by atoms with van der Waals surface area (Å²) in [6, 6.07) is 10.1. The lowest BCUT2D eigenvalue weighted by Crippen LogP contribution is -2.01. The van der Waals surface area contributed by atoms with Gasteiger partial charge in [-0.15, -0.1) is 0 Å². The second-order valence-electron chi connectivity index (χ2n) is 4.35. The number of pyridine rings is 1. The van der Waals surface area contributed by atoms with Crippen molar-refractivity contribution in [2.45, 2.75) is 20.3 Å². The lowest BCUT2D eigenvalue weighted by Gasteiger charge is -2.08. The molecule has 0 bridgehead atoms. The first-order valence-corrected chi connectivity index (χ1v) is 6.77. The number of carboxylic acid groups (broad SMARTS) is 1. The molecule has 0 amide bonds. The second kappa shape index (κ2) is 6.74. The van der Waals surface area contributed by atoms with Gasteiger partial charge in [0.1, 0.15) is 11.5 Å². The van der Waals surface area contributed by atoms with E-state index in [1.54, 1.807) is 30.3 Å². The highest BCUT2D eigenvalue weighted by atomic mass is 16.5. The Hall–Kier alpha value is -2.56. The second-order valence-corrected chi connectivity index (χ2v) is 4.35. The SMILES string of the molecule is CCOc1ccc(Oc2cc(C(=O)O)cc(CC)n2)cc1. The Kier molecular flexibility index (Phi) is 4.77. The summed E-state index contributed by atoms with van der Waals surface area (Å²) in [5.74, 6) is 0.612. The summed E-state index contributed by atoms with van der Waals surface area (Å²) in [5, 5.41) is 9.09. The topological polar surface area (TPSA) is 68.7 Å². The fourth-order valence-electron chi connectivity index (χ4n) is 1.81. The van der Waals surface area contributed by atoms with Gasteiger partial charge in [0.2, 0.25) is 5.88 Å². The molecule has 0 aliphatic rings. The lowest BCUT2D eigenvalue weighted by molar-refractivity contribution is 0.0696. The summed E-state index contributed by atoms with van der Waals surface area (Å²) in [6.07, 6.45) is 0.640. The van der Waals surface area contributed by atoms with Crippen molar-refractivity contribution in [2.24, 2.45) is 0 Å². The van der Waals surface area contributed by atoms with Crippen LogP contribution in [0.3, 0.4) is 0 Å². The van der Waals surface area contributed by atoms with E-state index in [0.717, 1.165) is 5.75 Å². The minimum atomic E-state index is -0.997.